The molecular weight excluding hydrogens is 705 g/mol. The molecule has 288 valence electrons. The summed E-state index contributed by atoms with van der Waals surface area (Å²) in [5.41, 5.74) is 4.06. The quantitative estimate of drug-likeness (QED) is 0.149. The molecule has 2 amide bonds. The van der Waals surface area contributed by atoms with E-state index in [9.17, 15) is 9.59 Å². The number of amides is 2. The number of fused-ring (bicyclic) bond motifs is 2. The lowest BCUT2D eigenvalue weighted by molar-refractivity contribution is 0.110. The number of hydrogen-bond donors (Lipinski definition) is 0. The summed E-state index contributed by atoms with van der Waals surface area (Å²) in [6.45, 7) is 8.32. The van der Waals surface area contributed by atoms with E-state index in [1.165, 1.54) is 5.56 Å². The lowest BCUT2D eigenvalue weighted by Crippen LogP contribution is -2.49. The number of piperazine rings is 2. The van der Waals surface area contributed by atoms with Gasteiger partial charge in [0.05, 0.1) is 11.0 Å². The van der Waals surface area contributed by atoms with E-state index in [4.69, 9.17) is 9.47 Å². The number of aryl methyl sites for hydroxylation is 2. The summed E-state index contributed by atoms with van der Waals surface area (Å²) in [4.78, 5) is 50.4. The van der Waals surface area contributed by atoms with Gasteiger partial charge in [-0.15, -0.1) is 0 Å². The second-order valence-electron chi connectivity index (χ2n) is 14.0. The van der Waals surface area contributed by atoms with Gasteiger partial charge >= 0.3 is 12.2 Å². The van der Waals surface area contributed by atoms with Crippen molar-refractivity contribution in [3.63, 3.8) is 0 Å². The summed E-state index contributed by atoms with van der Waals surface area (Å²) < 4.78 is 11.1. The van der Waals surface area contributed by atoms with Crippen molar-refractivity contribution in [2.45, 2.75) is 25.7 Å². The molecule has 2 aliphatic heterocycles. The number of nitrogens with zero attached hydrogens (tertiary/aromatic N) is 8. The van der Waals surface area contributed by atoms with Crippen LogP contribution in [0.15, 0.2) is 122 Å². The molecule has 2 saturated heterocycles. The first-order chi connectivity index (χ1) is 27.6. The minimum absolute atomic E-state index is 0.287. The highest BCUT2D eigenvalue weighted by Crippen LogP contribution is 2.21. The molecule has 2 fully saturated rings. The van der Waals surface area contributed by atoms with Gasteiger partial charge in [-0.05, 0) is 98.9 Å². The van der Waals surface area contributed by atoms with E-state index in [0.29, 0.717) is 37.7 Å². The third-order valence-corrected chi connectivity index (χ3v) is 10.1. The molecule has 0 aliphatic carbocycles. The molecule has 6 heterocycles. The molecule has 4 aromatic heterocycles. The molecule has 2 aliphatic rings. The summed E-state index contributed by atoms with van der Waals surface area (Å²) in [5.74, 6) is 1.07. The number of carbonyl (C=O) groups excluding carboxylic acids is 2. The third-order valence-electron chi connectivity index (χ3n) is 10.1. The van der Waals surface area contributed by atoms with E-state index < -0.39 is 0 Å². The number of hydrogen-bond acceptors (Lipinski definition) is 10. The number of ether oxygens (including phenoxy) is 2. The van der Waals surface area contributed by atoms with Crippen LogP contribution in [-0.2, 0) is 12.8 Å². The van der Waals surface area contributed by atoms with Crippen LogP contribution in [0.5, 0.6) is 11.5 Å². The van der Waals surface area contributed by atoms with E-state index in [1.54, 1.807) is 34.5 Å². The van der Waals surface area contributed by atoms with Crippen LogP contribution in [0.3, 0.4) is 0 Å². The van der Waals surface area contributed by atoms with Crippen molar-refractivity contribution in [2.75, 3.05) is 65.4 Å². The second-order valence-corrected chi connectivity index (χ2v) is 14.0. The van der Waals surface area contributed by atoms with Gasteiger partial charge in [0.1, 0.15) is 11.5 Å². The Morgan fingerprint density at radius 1 is 0.536 bits per heavy atom. The Labute approximate surface area is 327 Å². The molecule has 0 N–H and O–H groups in total. The Balaban J connectivity index is 0.000000172. The lowest BCUT2D eigenvalue weighted by Gasteiger charge is -2.34. The zero-order valence-electron chi connectivity index (χ0n) is 31.7. The largest absolute Gasteiger partial charge is 0.415 e. The topological polar surface area (TPSA) is 117 Å². The molecule has 0 spiro atoms. The number of benzene rings is 2. The fourth-order valence-corrected chi connectivity index (χ4v) is 6.94. The Bertz CT molecular complexity index is 2000. The Morgan fingerprint density at radius 3 is 1.59 bits per heavy atom. The molecule has 12 nitrogen and oxygen atoms in total. The van der Waals surface area contributed by atoms with Gasteiger partial charge in [0.15, 0.2) is 0 Å². The van der Waals surface area contributed by atoms with Crippen LogP contribution < -0.4 is 9.47 Å². The number of rotatable bonds is 10. The highest BCUT2D eigenvalue weighted by atomic mass is 16.6. The predicted octanol–water partition coefficient (Wildman–Crippen LogP) is 6.76. The molecule has 2 aromatic carbocycles. The van der Waals surface area contributed by atoms with E-state index >= 15 is 0 Å². The van der Waals surface area contributed by atoms with Crippen LogP contribution in [0.4, 0.5) is 9.59 Å². The Morgan fingerprint density at radius 2 is 1.07 bits per heavy atom. The average molecular weight is 753 g/mol. The van der Waals surface area contributed by atoms with Crippen molar-refractivity contribution < 1.29 is 19.1 Å². The van der Waals surface area contributed by atoms with Gasteiger partial charge < -0.3 is 19.3 Å². The molecular formula is C44H48N8O4. The zero-order valence-corrected chi connectivity index (χ0v) is 31.7. The predicted molar refractivity (Wildman–Crippen MR) is 217 cm³/mol. The van der Waals surface area contributed by atoms with Crippen LogP contribution >= 0.6 is 0 Å². The molecule has 8 rings (SSSR count). The van der Waals surface area contributed by atoms with Crippen molar-refractivity contribution in [2.24, 2.45) is 0 Å². The lowest BCUT2D eigenvalue weighted by atomic mass is 10.1. The average Bonchev–Trinajstić information content (AvgIpc) is 3.25. The smallest absolute Gasteiger partial charge is 0.410 e. The van der Waals surface area contributed by atoms with Crippen molar-refractivity contribution in [3.05, 3.63) is 133 Å². The molecule has 0 saturated carbocycles. The Kier molecular flexibility index (Phi) is 13.4. The number of pyridine rings is 4. The molecule has 6 aromatic rings. The Hall–Kier alpha value is -5.98. The summed E-state index contributed by atoms with van der Waals surface area (Å²) in [6, 6.07) is 29.0. The van der Waals surface area contributed by atoms with Crippen LogP contribution in [0.1, 0.15) is 24.1 Å². The highest BCUT2D eigenvalue weighted by molar-refractivity contribution is 5.82. The fourth-order valence-electron chi connectivity index (χ4n) is 6.94. The van der Waals surface area contributed by atoms with Crippen molar-refractivity contribution in [1.29, 1.82) is 0 Å². The van der Waals surface area contributed by atoms with Crippen LogP contribution in [-0.4, -0.2) is 117 Å². The number of aromatic nitrogens is 4. The van der Waals surface area contributed by atoms with E-state index in [-0.39, 0.29) is 12.2 Å². The first kappa shape index (κ1) is 38.3. The summed E-state index contributed by atoms with van der Waals surface area (Å²) in [5, 5.41) is 2.06. The minimum Gasteiger partial charge on any atom is -0.410 e. The van der Waals surface area contributed by atoms with Gasteiger partial charge in [-0.2, -0.15) is 0 Å². The molecule has 0 radical (unpaired) electrons. The van der Waals surface area contributed by atoms with Crippen LogP contribution in [0.25, 0.3) is 21.8 Å². The van der Waals surface area contributed by atoms with Crippen molar-refractivity contribution >= 4 is 34.0 Å². The van der Waals surface area contributed by atoms with Crippen molar-refractivity contribution in [1.82, 2.24) is 39.5 Å². The number of carbonyl (C=O) groups is 2. The molecule has 0 bridgehead atoms. The first-order valence-corrected chi connectivity index (χ1v) is 19.4. The van der Waals surface area contributed by atoms with Gasteiger partial charge in [0.2, 0.25) is 0 Å². The molecule has 56 heavy (non-hydrogen) atoms. The zero-order chi connectivity index (χ0) is 38.4. The van der Waals surface area contributed by atoms with Gasteiger partial charge in [-0.1, -0.05) is 24.3 Å². The van der Waals surface area contributed by atoms with Crippen molar-refractivity contribution in [3.8, 4) is 11.5 Å². The molecule has 12 heteroatoms. The normalized spacial score (nSPS) is 14.9. The fraction of sp³-hybridized carbons (Fsp3) is 0.318. The second kappa shape index (κ2) is 19.6. The van der Waals surface area contributed by atoms with Gasteiger partial charge in [-0.3, -0.25) is 29.7 Å². The van der Waals surface area contributed by atoms with Crippen LogP contribution in [0.2, 0.25) is 0 Å². The summed E-state index contributed by atoms with van der Waals surface area (Å²) >= 11 is 0. The SMILES string of the molecule is O=C(Oc1ccc2cccnc2c1)N1CCN(CCCc2ccccn2)CC1.O=C(Oc1ccc2cccnc2c1)N1CCN(CCCc2cccnc2)CC1. The summed E-state index contributed by atoms with van der Waals surface area (Å²) in [6.07, 6.45) is 12.7. The molecule has 0 atom stereocenters. The van der Waals surface area contributed by atoms with E-state index in [1.807, 2.05) is 85.2 Å². The maximum absolute atomic E-state index is 12.5. The maximum Gasteiger partial charge on any atom is 0.415 e. The maximum atomic E-state index is 12.5. The van der Waals surface area contributed by atoms with Gasteiger partial charge in [-0.25, -0.2) is 9.59 Å². The monoisotopic (exact) mass is 752 g/mol. The van der Waals surface area contributed by atoms with Crippen LogP contribution in [0, 0.1) is 0 Å². The minimum atomic E-state index is -0.289. The first-order valence-electron chi connectivity index (χ1n) is 19.4. The van der Waals surface area contributed by atoms with E-state index in [2.05, 4.69) is 41.9 Å². The third kappa shape index (κ3) is 11.0. The van der Waals surface area contributed by atoms with Gasteiger partial charge in [0, 0.05) is 112 Å². The standard InChI is InChI=1S/2C22H24N4O2/c27-22(28-20-8-7-19-6-2-10-24-21(19)16-20)26-14-12-25(13-15-26)11-3-5-18-4-1-9-23-17-18;27-22(28-20-9-8-18-5-3-11-24-21(18)17-20)26-15-13-25(14-16-26)12-4-7-19-6-1-2-10-23-19/h1-2,4,6-10,16-17H,3,5,11-15H2;1-3,5-6,8-11,17H,4,7,12-16H2. The van der Waals surface area contributed by atoms with E-state index in [0.717, 1.165) is 92.5 Å². The summed E-state index contributed by atoms with van der Waals surface area (Å²) in [7, 11) is 0. The molecule has 0 unspecified atom stereocenters. The highest BCUT2D eigenvalue weighted by Gasteiger charge is 2.24. The van der Waals surface area contributed by atoms with Gasteiger partial charge in [0.25, 0.3) is 0 Å².